The molecular weight excluding hydrogens is 200 g/mol. The summed E-state index contributed by atoms with van der Waals surface area (Å²) in [6, 6.07) is 8.29. The Morgan fingerprint density at radius 3 is 3.00 bits per heavy atom. The Bertz CT molecular complexity index is 499. The molecule has 0 aliphatic carbocycles. The molecule has 3 rings (SSSR count). The maximum Gasteiger partial charge on any atom is 0.198 e. The summed E-state index contributed by atoms with van der Waals surface area (Å²) in [6.45, 7) is 0. The maximum atomic E-state index is 11.2. The Hall–Kier alpha value is -0.800. The quantitative estimate of drug-likeness (QED) is 0.659. The number of carbonyl (C=O) groups is 1. The number of thioether (sulfide) groups is 1. The van der Waals surface area contributed by atoms with Crippen LogP contribution in [0.2, 0.25) is 0 Å². The molecule has 1 aliphatic heterocycles. The highest BCUT2D eigenvalue weighted by molar-refractivity contribution is 8.15. The molecule has 0 spiro atoms. The average Bonchev–Trinajstić information content (AvgIpc) is 2.60. The van der Waals surface area contributed by atoms with Crippen LogP contribution in [0.5, 0.6) is 0 Å². The summed E-state index contributed by atoms with van der Waals surface area (Å²) < 4.78 is 2.50. The molecule has 64 valence electrons. The Morgan fingerprint density at radius 2 is 2.08 bits per heavy atom. The fourth-order valence-corrected chi connectivity index (χ4v) is 4.01. The van der Waals surface area contributed by atoms with Crippen LogP contribution in [-0.2, 0) is 11.2 Å². The molecule has 2 heterocycles. The Kier molecular flexibility index (Phi) is 1.51. The summed E-state index contributed by atoms with van der Waals surface area (Å²) >= 11 is 3.13. The number of hydrogen-bond acceptors (Lipinski definition) is 3. The highest BCUT2D eigenvalue weighted by Crippen LogP contribution is 2.43. The van der Waals surface area contributed by atoms with E-state index in [9.17, 15) is 4.79 Å². The summed E-state index contributed by atoms with van der Waals surface area (Å²) in [4.78, 5) is 11.2. The van der Waals surface area contributed by atoms with Crippen LogP contribution in [0.1, 0.15) is 5.56 Å². The van der Waals surface area contributed by atoms with E-state index in [1.54, 1.807) is 11.3 Å². The van der Waals surface area contributed by atoms with Crippen molar-refractivity contribution in [2.45, 2.75) is 10.6 Å². The summed E-state index contributed by atoms with van der Waals surface area (Å²) in [5.74, 6) is 0. The third kappa shape index (κ3) is 1.04. The Morgan fingerprint density at radius 1 is 1.23 bits per heavy atom. The topological polar surface area (TPSA) is 17.1 Å². The Balaban J connectivity index is 2.37. The first-order chi connectivity index (χ1) is 6.34. The van der Waals surface area contributed by atoms with E-state index in [1.165, 1.54) is 31.6 Å². The van der Waals surface area contributed by atoms with Crippen LogP contribution in [0, 0.1) is 0 Å². The largest absolute Gasteiger partial charge is 0.286 e. The highest BCUT2D eigenvalue weighted by atomic mass is 32.2. The van der Waals surface area contributed by atoms with E-state index in [0.717, 1.165) is 0 Å². The predicted molar refractivity (Wildman–Crippen MR) is 56.4 cm³/mol. The second-order valence-electron chi connectivity index (χ2n) is 3.02. The lowest BCUT2D eigenvalue weighted by molar-refractivity contribution is -0.110. The van der Waals surface area contributed by atoms with Crippen molar-refractivity contribution in [1.29, 1.82) is 0 Å². The van der Waals surface area contributed by atoms with E-state index in [-0.39, 0.29) is 5.12 Å². The van der Waals surface area contributed by atoms with Crippen molar-refractivity contribution in [3.8, 4) is 0 Å². The second kappa shape index (κ2) is 2.59. The molecule has 13 heavy (non-hydrogen) atoms. The first-order valence-electron chi connectivity index (χ1n) is 4.06. The number of rotatable bonds is 0. The fourth-order valence-electron chi connectivity index (χ4n) is 1.61. The van der Waals surface area contributed by atoms with E-state index >= 15 is 0 Å². The normalized spacial score (nSPS) is 15.2. The summed E-state index contributed by atoms with van der Waals surface area (Å²) in [5.41, 5.74) is 1.25. The van der Waals surface area contributed by atoms with Gasteiger partial charge in [-0.2, -0.15) is 0 Å². The van der Waals surface area contributed by atoms with Crippen molar-refractivity contribution in [2.24, 2.45) is 0 Å². The van der Waals surface area contributed by atoms with Gasteiger partial charge in [-0.1, -0.05) is 18.2 Å². The van der Waals surface area contributed by atoms with Crippen molar-refractivity contribution >= 4 is 38.3 Å². The molecule has 1 aromatic carbocycles. The molecule has 0 radical (unpaired) electrons. The van der Waals surface area contributed by atoms with Crippen molar-refractivity contribution in [3.05, 3.63) is 29.8 Å². The van der Waals surface area contributed by atoms with Gasteiger partial charge in [0.2, 0.25) is 0 Å². The smallest absolute Gasteiger partial charge is 0.198 e. The predicted octanol–water partition coefficient (Wildman–Crippen LogP) is 3.08. The minimum Gasteiger partial charge on any atom is -0.286 e. The van der Waals surface area contributed by atoms with Gasteiger partial charge in [-0.05, 0) is 28.8 Å². The van der Waals surface area contributed by atoms with Crippen LogP contribution >= 0.6 is 23.1 Å². The van der Waals surface area contributed by atoms with Gasteiger partial charge in [0.05, 0.1) is 4.21 Å². The van der Waals surface area contributed by atoms with E-state index in [2.05, 4.69) is 12.1 Å². The van der Waals surface area contributed by atoms with Gasteiger partial charge in [-0.15, -0.1) is 11.3 Å². The third-order valence-corrected chi connectivity index (χ3v) is 4.50. The average molecular weight is 206 g/mol. The monoisotopic (exact) mass is 206 g/mol. The lowest BCUT2D eigenvalue weighted by atomic mass is 10.1. The molecule has 0 unspecified atom stereocenters. The van der Waals surface area contributed by atoms with Gasteiger partial charge >= 0.3 is 0 Å². The van der Waals surface area contributed by atoms with E-state index < -0.39 is 0 Å². The van der Waals surface area contributed by atoms with E-state index in [0.29, 0.717) is 6.42 Å². The molecule has 0 saturated carbocycles. The summed E-state index contributed by atoms with van der Waals surface area (Å²) in [6.07, 6.45) is 0.615. The van der Waals surface area contributed by atoms with E-state index in [1.807, 2.05) is 12.1 Å². The number of hydrogen-bond donors (Lipinski definition) is 0. The molecule has 0 amide bonds. The van der Waals surface area contributed by atoms with Crippen LogP contribution in [0.15, 0.2) is 28.5 Å². The minimum atomic E-state index is 0.284. The van der Waals surface area contributed by atoms with Crippen molar-refractivity contribution < 1.29 is 4.79 Å². The van der Waals surface area contributed by atoms with Gasteiger partial charge in [0, 0.05) is 11.1 Å². The maximum absolute atomic E-state index is 11.2. The van der Waals surface area contributed by atoms with Crippen molar-refractivity contribution in [3.63, 3.8) is 0 Å². The van der Waals surface area contributed by atoms with Gasteiger partial charge in [-0.3, -0.25) is 4.79 Å². The minimum absolute atomic E-state index is 0.284. The fraction of sp³-hybridized carbons (Fsp3) is 0.100. The second-order valence-corrected chi connectivity index (χ2v) is 5.39. The van der Waals surface area contributed by atoms with Gasteiger partial charge in [0.1, 0.15) is 0 Å². The van der Waals surface area contributed by atoms with Crippen molar-refractivity contribution in [2.75, 3.05) is 0 Å². The van der Waals surface area contributed by atoms with Gasteiger partial charge in [0.15, 0.2) is 5.12 Å². The van der Waals surface area contributed by atoms with Crippen molar-refractivity contribution in [1.82, 2.24) is 0 Å². The van der Waals surface area contributed by atoms with E-state index in [4.69, 9.17) is 0 Å². The number of benzene rings is 1. The van der Waals surface area contributed by atoms with Crippen LogP contribution in [-0.4, -0.2) is 5.12 Å². The number of fused-ring (bicyclic) bond motifs is 3. The molecule has 0 bridgehead atoms. The molecule has 0 saturated heterocycles. The van der Waals surface area contributed by atoms with Gasteiger partial charge < -0.3 is 0 Å². The first kappa shape index (κ1) is 7.59. The molecule has 0 fully saturated rings. The lowest BCUT2D eigenvalue weighted by Gasteiger charge is -1.89. The van der Waals surface area contributed by atoms with Gasteiger partial charge in [-0.25, -0.2) is 0 Å². The first-order valence-corrected chi connectivity index (χ1v) is 5.69. The Labute approximate surface area is 83.8 Å². The zero-order chi connectivity index (χ0) is 8.84. The summed E-state index contributed by atoms with van der Waals surface area (Å²) in [5, 5.41) is 1.55. The molecule has 1 aromatic heterocycles. The molecular formula is C10H6OS2. The van der Waals surface area contributed by atoms with Crippen LogP contribution in [0.25, 0.3) is 10.1 Å². The zero-order valence-corrected chi connectivity index (χ0v) is 8.37. The van der Waals surface area contributed by atoms with Crippen LogP contribution < -0.4 is 0 Å². The van der Waals surface area contributed by atoms with Gasteiger partial charge in [0.25, 0.3) is 0 Å². The lowest BCUT2D eigenvalue weighted by Crippen LogP contribution is -1.86. The number of thiophene rings is 1. The third-order valence-electron chi connectivity index (χ3n) is 2.19. The molecule has 2 aromatic rings. The molecule has 3 heteroatoms. The van der Waals surface area contributed by atoms with Crippen LogP contribution in [0.4, 0.5) is 0 Å². The molecule has 1 nitrogen and oxygen atoms in total. The van der Waals surface area contributed by atoms with Crippen LogP contribution in [0.3, 0.4) is 0 Å². The standard InChI is InChI=1S/C10H6OS2/c11-9-5-7-6-3-1-2-4-8(6)12-10(7)13-9/h1-4H,5H2. The highest BCUT2D eigenvalue weighted by Gasteiger charge is 2.23. The number of carbonyl (C=O) groups excluding carboxylic acids is 1. The zero-order valence-electron chi connectivity index (χ0n) is 6.74. The molecule has 0 atom stereocenters. The molecule has 1 aliphatic rings. The SMILES string of the molecule is O=C1Cc2c(sc3ccccc23)S1. The molecule has 0 N–H and O–H groups in total. The summed E-state index contributed by atoms with van der Waals surface area (Å²) in [7, 11) is 0.